The molecule has 0 aliphatic heterocycles. The molecule has 1 aromatic heterocycles. The lowest BCUT2D eigenvalue weighted by atomic mass is 10.2. The Labute approximate surface area is 170 Å². The number of benzene rings is 1. The van der Waals surface area contributed by atoms with Crippen molar-refractivity contribution in [3.63, 3.8) is 0 Å². The van der Waals surface area contributed by atoms with Crippen molar-refractivity contribution in [1.29, 1.82) is 0 Å². The monoisotopic (exact) mass is 472 g/mol. The van der Waals surface area contributed by atoms with Crippen LogP contribution in [0, 0.1) is 0 Å². The molecule has 1 aromatic carbocycles. The van der Waals surface area contributed by atoms with E-state index in [-0.39, 0.29) is 35.6 Å². The predicted octanol–water partition coefficient (Wildman–Crippen LogP) is 2.85. The summed E-state index contributed by atoms with van der Waals surface area (Å²) in [6.45, 7) is 4.56. The summed E-state index contributed by atoms with van der Waals surface area (Å²) in [5.74, 6) is 0.704. The summed E-state index contributed by atoms with van der Waals surface area (Å²) in [5, 5.41) is 9.21. The number of anilines is 1. The van der Waals surface area contributed by atoms with E-state index >= 15 is 0 Å². The van der Waals surface area contributed by atoms with E-state index in [1.54, 1.807) is 19.2 Å². The molecule has 0 radical (unpaired) electrons. The fourth-order valence-corrected chi connectivity index (χ4v) is 2.15. The molecule has 0 unspecified atom stereocenters. The Hall–Kier alpha value is -2.07. The maximum Gasteiger partial charge on any atom is 0.291 e. The van der Waals surface area contributed by atoms with Gasteiger partial charge in [-0.2, -0.15) is 0 Å². The van der Waals surface area contributed by atoms with E-state index < -0.39 is 0 Å². The number of nitrogens with zero attached hydrogens (tertiary/aromatic N) is 1. The summed E-state index contributed by atoms with van der Waals surface area (Å²) < 4.78 is 10.4. The smallest absolute Gasteiger partial charge is 0.291 e. The number of halogens is 1. The number of ether oxygens (including phenoxy) is 1. The molecule has 3 N–H and O–H groups in total. The molecular weight excluding hydrogens is 447 g/mol. The first-order valence-electron chi connectivity index (χ1n) is 8.19. The highest BCUT2D eigenvalue weighted by Gasteiger charge is 2.08. The topological polar surface area (TPSA) is 87.9 Å². The number of furan rings is 1. The van der Waals surface area contributed by atoms with Gasteiger partial charge in [-0.1, -0.05) is 12.1 Å². The Kier molecular flexibility index (Phi) is 10.4. The van der Waals surface area contributed by atoms with Gasteiger partial charge in [0.2, 0.25) is 0 Å². The molecule has 0 spiro atoms. The van der Waals surface area contributed by atoms with Gasteiger partial charge in [0.25, 0.3) is 5.91 Å². The van der Waals surface area contributed by atoms with Crippen LogP contribution in [-0.2, 0) is 11.3 Å². The van der Waals surface area contributed by atoms with Gasteiger partial charge in [-0.25, -0.2) is 0 Å². The van der Waals surface area contributed by atoms with Crippen molar-refractivity contribution in [2.24, 2.45) is 4.99 Å². The van der Waals surface area contributed by atoms with Crippen LogP contribution in [0.4, 0.5) is 5.69 Å². The second-order valence-electron chi connectivity index (χ2n) is 5.18. The van der Waals surface area contributed by atoms with Gasteiger partial charge in [0.05, 0.1) is 12.9 Å². The zero-order valence-corrected chi connectivity index (χ0v) is 17.3. The zero-order valence-electron chi connectivity index (χ0n) is 15.0. The summed E-state index contributed by atoms with van der Waals surface area (Å²) in [5.41, 5.74) is 1.73. The second kappa shape index (κ2) is 12.3. The third-order valence-corrected chi connectivity index (χ3v) is 3.36. The van der Waals surface area contributed by atoms with E-state index in [2.05, 4.69) is 20.9 Å². The lowest BCUT2D eigenvalue weighted by Gasteiger charge is -2.12. The Morgan fingerprint density at radius 2 is 2.08 bits per heavy atom. The lowest BCUT2D eigenvalue weighted by Crippen LogP contribution is -2.38. The van der Waals surface area contributed by atoms with Gasteiger partial charge in [-0.05, 0) is 36.8 Å². The predicted molar refractivity (Wildman–Crippen MR) is 113 cm³/mol. The number of amides is 1. The molecule has 2 aromatic rings. The van der Waals surface area contributed by atoms with Crippen molar-refractivity contribution in [3.05, 3.63) is 54.0 Å². The second-order valence-corrected chi connectivity index (χ2v) is 5.18. The SMILES string of the molecule is CCOCCNC(=NC)NCc1cccc(NC(=O)c2ccco2)c1.I. The molecule has 0 aliphatic rings. The van der Waals surface area contributed by atoms with E-state index in [0.29, 0.717) is 38.0 Å². The minimum absolute atomic E-state index is 0. The number of guanidine groups is 1. The minimum atomic E-state index is -0.275. The zero-order chi connectivity index (χ0) is 17.9. The van der Waals surface area contributed by atoms with E-state index in [1.807, 2.05) is 31.2 Å². The summed E-state index contributed by atoms with van der Waals surface area (Å²) >= 11 is 0. The Bertz CT molecular complexity index is 690. The van der Waals surface area contributed by atoms with Crippen molar-refractivity contribution in [2.75, 3.05) is 32.1 Å². The molecule has 7 nitrogen and oxygen atoms in total. The highest BCUT2D eigenvalue weighted by Crippen LogP contribution is 2.12. The van der Waals surface area contributed by atoms with Gasteiger partial charge in [-0.3, -0.25) is 9.79 Å². The molecule has 142 valence electrons. The molecule has 8 heteroatoms. The van der Waals surface area contributed by atoms with Crippen molar-refractivity contribution in [1.82, 2.24) is 10.6 Å². The first-order valence-corrected chi connectivity index (χ1v) is 8.19. The first kappa shape index (κ1) is 22.0. The maximum absolute atomic E-state index is 12.0. The van der Waals surface area contributed by atoms with Crippen molar-refractivity contribution in [3.8, 4) is 0 Å². The Morgan fingerprint density at radius 1 is 1.23 bits per heavy atom. The highest BCUT2D eigenvalue weighted by molar-refractivity contribution is 14.0. The summed E-state index contributed by atoms with van der Waals surface area (Å²) in [7, 11) is 1.72. The van der Waals surface area contributed by atoms with Gasteiger partial charge >= 0.3 is 0 Å². The molecule has 0 saturated heterocycles. The van der Waals surface area contributed by atoms with E-state index in [4.69, 9.17) is 9.15 Å². The highest BCUT2D eigenvalue weighted by atomic mass is 127. The van der Waals surface area contributed by atoms with Gasteiger partial charge in [0.15, 0.2) is 11.7 Å². The van der Waals surface area contributed by atoms with Crippen LogP contribution in [0.25, 0.3) is 0 Å². The fraction of sp³-hybridized carbons (Fsp3) is 0.333. The molecule has 0 atom stereocenters. The largest absolute Gasteiger partial charge is 0.459 e. The Balaban J connectivity index is 0.00000338. The minimum Gasteiger partial charge on any atom is -0.459 e. The molecule has 2 rings (SSSR count). The van der Waals surface area contributed by atoms with Crippen molar-refractivity contribution in [2.45, 2.75) is 13.5 Å². The van der Waals surface area contributed by atoms with Gasteiger partial charge < -0.3 is 25.1 Å². The first-order chi connectivity index (χ1) is 12.2. The van der Waals surface area contributed by atoms with Crippen LogP contribution >= 0.6 is 24.0 Å². The van der Waals surface area contributed by atoms with Gasteiger partial charge in [0.1, 0.15) is 0 Å². The average molecular weight is 472 g/mol. The third-order valence-electron chi connectivity index (χ3n) is 3.36. The van der Waals surface area contributed by atoms with Crippen LogP contribution < -0.4 is 16.0 Å². The summed E-state index contributed by atoms with van der Waals surface area (Å²) in [6, 6.07) is 10.9. The van der Waals surface area contributed by atoms with Crippen LogP contribution in [0.15, 0.2) is 52.1 Å². The quantitative estimate of drug-likeness (QED) is 0.238. The van der Waals surface area contributed by atoms with Crippen LogP contribution in [0.1, 0.15) is 23.0 Å². The van der Waals surface area contributed by atoms with Crippen molar-refractivity contribution >= 4 is 41.5 Å². The number of rotatable bonds is 8. The van der Waals surface area contributed by atoms with Gasteiger partial charge in [-0.15, -0.1) is 24.0 Å². The van der Waals surface area contributed by atoms with Crippen LogP contribution in [0.3, 0.4) is 0 Å². The van der Waals surface area contributed by atoms with Crippen molar-refractivity contribution < 1.29 is 13.9 Å². The number of hydrogen-bond donors (Lipinski definition) is 3. The van der Waals surface area contributed by atoms with E-state index in [9.17, 15) is 4.79 Å². The molecule has 0 saturated carbocycles. The van der Waals surface area contributed by atoms with E-state index in [0.717, 1.165) is 5.56 Å². The average Bonchev–Trinajstić information content (AvgIpc) is 3.16. The number of hydrogen-bond acceptors (Lipinski definition) is 4. The fourth-order valence-electron chi connectivity index (χ4n) is 2.15. The molecule has 0 aliphatic carbocycles. The molecule has 1 heterocycles. The number of aliphatic imine (C=N–C) groups is 1. The van der Waals surface area contributed by atoms with Crippen LogP contribution in [-0.4, -0.2) is 38.7 Å². The normalized spacial score (nSPS) is 10.8. The van der Waals surface area contributed by atoms with E-state index in [1.165, 1.54) is 6.26 Å². The molecular formula is C18H25IN4O3. The van der Waals surface area contributed by atoms with Gasteiger partial charge in [0, 0.05) is 32.4 Å². The number of carbonyl (C=O) groups is 1. The molecule has 26 heavy (non-hydrogen) atoms. The van der Waals surface area contributed by atoms with Crippen LogP contribution in [0.5, 0.6) is 0 Å². The maximum atomic E-state index is 12.0. The molecule has 0 bridgehead atoms. The standard InChI is InChI=1S/C18H24N4O3.HI/c1-3-24-11-9-20-18(19-2)21-13-14-6-4-7-15(12-14)22-17(23)16-8-5-10-25-16;/h4-8,10,12H,3,9,11,13H2,1-2H3,(H,22,23)(H2,19,20,21);1H. The lowest BCUT2D eigenvalue weighted by molar-refractivity contribution is 0.0996. The van der Waals surface area contributed by atoms with Crippen LogP contribution in [0.2, 0.25) is 0 Å². The summed E-state index contributed by atoms with van der Waals surface area (Å²) in [4.78, 5) is 16.2. The number of carbonyl (C=O) groups excluding carboxylic acids is 1. The Morgan fingerprint density at radius 3 is 2.77 bits per heavy atom. The molecule has 1 amide bonds. The summed E-state index contributed by atoms with van der Waals surface area (Å²) in [6.07, 6.45) is 1.47. The molecule has 0 fully saturated rings. The number of nitrogens with one attached hydrogen (secondary N) is 3. The third kappa shape index (κ3) is 7.44.